The van der Waals surface area contributed by atoms with Gasteiger partial charge in [-0.15, -0.1) is 0 Å². The lowest BCUT2D eigenvalue weighted by Crippen LogP contribution is -2.53. The van der Waals surface area contributed by atoms with Gasteiger partial charge >= 0.3 is 0 Å². The van der Waals surface area contributed by atoms with Crippen molar-refractivity contribution in [2.24, 2.45) is 13.0 Å². The van der Waals surface area contributed by atoms with Gasteiger partial charge in [-0.05, 0) is 44.2 Å². The van der Waals surface area contributed by atoms with Crippen molar-refractivity contribution in [1.82, 2.24) is 24.6 Å². The highest BCUT2D eigenvalue weighted by Gasteiger charge is 2.46. The Hall–Kier alpha value is -2.44. The van der Waals surface area contributed by atoms with Crippen molar-refractivity contribution < 1.29 is 4.79 Å². The van der Waals surface area contributed by atoms with Crippen molar-refractivity contribution in [1.29, 1.82) is 0 Å². The van der Waals surface area contributed by atoms with Crippen molar-refractivity contribution >= 4 is 29.1 Å². The second-order valence-corrected chi connectivity index (χ2v) is 9.34. The molecule has 31 heavy (non-hydrogen) atoms. The van der Waals surface area contributed by atoms with Gasteiger partial charge in [0.25, 0.3) is 5.91 Å². The molecule has 4 heterocycles. The molecule has 2 aliphatic rings. The van der Waals surface area contributed by atoms with Gasteiger partial charge in [0.15, 0.2) is 0 Å². The van der Waals surface area contributed by atoms with Crippen LogP contribution in [0.1, 0.15) is 53.2 Å². The van der Waals surface area contributed by atoms with E-state index in [1.165, 1.54) is 0 Å². The molecule has 1 saturated heterocycles. The number of halogens is 2. The van der Waals surface area contributed by atoms with E-state index in [0.29, 0.717) is 27.9 Å². The van der Waals surface area contributed by atoms with Gasteiger partial charge in [-0.1, -0.05) is 36.2 Å². The number of benzene rings is 1. The van der Waals surface area contributed by atoms with Gasteiger partial charge in [-0.3, -0.25) is 9.48 Å². The van der Waals surface area contributed by atoms with Crippen LogP contribution in [0.3, 0.4) is 0 Å². The molecule has 3 aromatic rings. The van der Waals surface area contributed by atoms with Gasteiger partial charge in [0.1, 0.15) is 5.82 Å². The average Bonchev–Trinajstić information content (AvgIpc) is 3.17. The number of hydrogen-bond acceptors (Lipinski definition) is 4. The molecule has 1 amide bonds. The Bertz CT molecular complexity index is 1190. The first-order chi connectivity index (χ1) is 14.8. The maximum atomic E-state index is 13.7. The molecule has 0 saturated carbocycles. The molecule has 1 aromatic carbocycles. The first-order valence-electron chi connectivity index (χ1n) is 10.5. The summed E-state index contributed by atoms with van der Waals surface area (Å²) in [4.78, 5) is 25.3. The highest BCUT2D eigenvalue weighted by atomic mass is 35.5. The second-order valence-electron chi connectivity index (χ2n) is 8.56. The minimum Gasteiger partial charge on any atom is -0.326 e. The smallest absolute Gasteiger partial charge is 0.256 e. The van der Waals surface area contributed by atoms with Crippen LogP contribution in [0.25, 0.3) is 11.3 Å². The Kier molecular flexibility index (Phi) is 5.02. The highest BCUT2D eigenvalue weighted by molar-refractivity contribution is 6.43. The van der Waals surface area contributed by atoms with Crippen molar-refractivity contribution in [2.75, 3.05) is 0 Å². The topological polar surface area (TPSA) is 63.9 Å². The van der Waals surface area contributed by atoms with Crippen LogP contribution in [0.5, 0.6) is 0 Å². The van der Waals surface area contributed by atoms with E-state index in [0.717, 1.165) is 35.4 Å². The SMILES string of the molecule is Cc1nc(-c2cnn(C)c2)c2c(n1)[C@H]1[C@H](C)CC[C@@H](C2)N1C(=O)c1cccc(Cl)c1Cl. The largest absolute Gasteiger partial charge is 0.326 e. The van der Waals surface area contributed by atoms with Crippen LogP contribution in [0.2, 0.25) is 10.0 Å². The molecule has 8 heteroatoms. The lowest BCUT2D eigenvalue weighted by molar-refractivity contribution is 0.0226. The summed E-state index contributed by atoms with van der Waals surface area (Å²) in [6, 6.07) is 5.16. The molecule has 6 nitrogen and oxygen atoms in total. The predicted octanol–water partition coefficient (Wildman–Crippen LogP) is 5.03. The van der Waals surface area contributed by atoms with Crippen LogP contribution in [0.4, 0.5) is 0 Å². The number of carbonyl (C=O) groups excluding carboxylic acids is 1. The van der Waals surface area contributed by atoms with E-state index >= 15 is 0 Å². The minimum absolute atomic E-state index is 0.0676. The first kappa shape index (κ1) is 20.5. The molecule has 0 aliphatic carbocycles. The van der Waals surface area contributed by atoms with Gasteiger partial charge in [0, 0.05) is 30.4 Å². The van der Waals surface area contributed by atoms with Gasteiger partial charge in [-0.2, -0.15) is 5.10 Å². The molecule has 0 spiro atoms. The first-order valence-corrected chi connectivity index (χ1v) is 11.2. The number of carbonyl (C=O) groups is 1. The van der Waals surface area contributed by atoms with E-state index in [2.05, 4.69) is 12.0 Å². The average molecular weight is 456 g/mol. The molecule has 3 atom stereocenters. The van der Waals surface area contributed by atoms with Crippen molar-refractivity contribution in [3.63, 3.8) is 0 Å². The van der Waals surface area contributed by atoms with E-state index in [1.54, 1.807) is 22.9 Å². The predicted molar refractivity (Wildman–Crippen MR) is 120 cm³/mol. The van der Waals surface area contributed by atoms with Crippen LogP contribution >= 0.6 is 23.2 Å². The van der Waals surface area contributed by atoms with E-state index in [1.807, 2.05) is 31.3 Å². The molecule has 2 bridgehead atoms. The standard InChI is InChI=1S/C23H23Cl2N5O/c1-12-7-8-15-9-17-20(14-10-26-29(3)11-14)27-13(2)28-21(17)22(12)30(15)23(31)16-5-4-6-18(24)19(16)25/h4-6,10-12,15,22H,7-9H2,1-3H3/t12-,15+,22-/m1/s1. The molecule has 2 aromatic heterocycles. The normalized spacial score (nSPS) is 22.4. The third kappa shape index (κ3) is 3.33. The molecule has 160 valence electrons. The Morgan fingerprint density at radius 2 is 2.00 bits per heavy atom. The summed E-state index contributed by atoms with van der Waals surface area (Å²) in [6.07, 6.45) is 6.51. The lowest BCUT2D eigenvalue weighted by Gasteiger charge is -2.49. The van der Waals surface area contributed by atoms with Crippen molar-refractivity contribution in [3.8, 4) is 11.3 Å². The summed E-state index contributed by atoms with van der Waals surface area (Å²) in [7, 11) is 1.90. The third-order valence-corrected chi connectivity index (χ3v) is 7.27. The molecule has 5 rings (SSSR count). The maximum Gasteiger partial charge on any atom is 0.256 e. The van der Waals surface area contributed by atoms with Crippen LogP contribution in [0.15, 0.2) is 30.6 Å². The minimum atomic E-state index is -0.123. The maximum absolute atomic E-state index is 13.7. The van der Waals surface area contributed by atoms with E-state index < -0.39 is 0 Å². The zero-order valence-corrected chi connectivity index (χ0v) is 19.2. The Morgan fingerprint density at radius 1 is 1.19 bits per heavy atom. The quantitative estimate of drug-likeness (QED) is 0.543. The van der Waals surface area contributed by atoms with Gasteiger partial charge in [0.2, 0.25) is 0 Å². The van der Waals surface area contributed by atoms with E-state index in [4.69, 9.17) is 33.2 Å². The number of aryl methyl sites for hydroxylation is 2. The summed E-state index contributed by atoms with van der Waals surface area (Å²) >= 11 is 12.6. The summed E-state index contributed by atoms with van der Waals surface area (Å²) in [5.74, 6) is 0.883. The Balaban J connectivity index is 1.65. The number of amides is 1. The van der Waals surface area contributed by atoms with Crippen molar-refractivity contribution in [2.45, 2.75) is 45.2 Å². The molecule has 2 aliphatic heterocycles. The summed E-state index contributed by atoms with van der Waals surface area (Å²) in [5, 5.41) is 5.02. The molecule has 0 unspecified atom stereocenters. The number of aromatic nitrogens is 4. The summed E-state index contributed by atoms with van der Waals surface area (Å²) in [6.45, 7) is 4.09. The van der Waals surface area contributed by atoms with E-state index in [-0.39, 0.29) is 23.9 Å². The molecule has 0 radical (unpaired) electrons. The third-order valence-electron chi connectivity index (χ3n) is 6.45. The second kappa shape index (κ2) is 7.61. The number of nitrogens with zero attached hydrogens (tertiary/aromatic N) is 5. The Morgan fingerprint density at radius 3 is 2.74 bits per heavy atom. The number of hydrogen-bond donors (Lipinski definition) is 0. The monoisotopic (exact) mass is 455 g/mol. The highest BCUT2D eigenvalue weighted by Crippen LogP contribution is 2.47. The fourth-order valence-electron chi connectivity index (χ4n) is 5.04. The summed E-state index contributed by atoms with van der Waals surface area (Å²) in [5.41, 5.74) is 4.42. The van der Waals surface area contributed by atoms with Crippen molar-refractivity contribution in [3.05, 3.63) is 63.3 Å². The molecule has 1 fully saturated rings. The van der Waals surface area contributed by atoms with Crippen LogP contribution in [0, 0.1) is 12.8 Å². The fraction of sp³-hybridized carbons (Fsp3) is 0.391. The Labute approximate surface area is 191 Å². The molecular formula is C23H23Cl2N5O. The van der Waals surface area contributed by atoms with Crippen LogP contribution in [-0.4, -0.2) is 36.6 Å². The molecular weight excluding hydrogens is 433 g/mol. The van der Waals surface area contributed by atoms with Gasteiger partial charge < -0.3 is 4.90 Å². The zero-order chi connectivity index (χ0) is 21.9. The molecule has 0 N–H and O–H groups in total. The fourth-order valence-corrected chi connectivity index (χ4v) is 5.42. The van der Waals surface area contributed by atoms with Gasteiger partial charge in [-0.25, -0.2) is 9.97 Å². The van der Waals surface area contributed by atoms with Gasteiger partial charge in [0.05, 0.1) is 39.2 Å². The van der Waals surface area contributed by atoms with E-state index in [9.17, 15) is 4.79 Å². The summed E-state index contributed by atoms with van der Waals surface area (Å²) < 4.78 is 1.78. The van der Waals surface area contributed by atoms with Crippen LogP contribution < -0.4 is 0 Å². The number of fused-ring (bicyclic) bond motifs is 4. The zero-order valence-electron chi connectivity index (χ0n) is 17.6. The van der Waals surface area contributed by atoms with Crippen LogP contribution in [-0.2, 0) is 13.5 Å². The number of rotatable bonds is 2. The number of piperidine rings is 1. The lowest BCUT2D eigenvalue weighted by atomic mass is 9.76.